The summed E-state index contributed by atoms with van der Waals surface area (Å²) >= 11 is 0. The van der Waals surface area contributed by atoms with E-state index in [0.717, 1.165) is 24.0 Å². The predicted molar refractivity (Wildman–Crippen MR) is 83.5 cm³/mol. The van der Waals surface area contributed by atoms with E-state index in [-0.39, 0.29) is 5.82 Å². The van der Waals surface area contributed by atoms with Gasteiger partial charge >= 0.3 is 0 Å². The van der Waals surface area contributed by atoms with Crippen molar-refractivity contribution in [2.75, 3.05) is 0 Å². The third-order valence-electron chi connectivity index (χ3n) is 4.19. The lowest BCUT2D eigenvalue weighted by Crippen LogP contribution is -2.40. The van der Waals surface area contributed by atoms with E-state index < -0.39 is 15.6 Å². The monoisotopic (exact) mass is 319 g/mol. The summed E-state index contributed by atoms with van der Waals surface area (Å²) in [5.41, 5.74) is 0.713. The molecule has 1 heterocycles. The smallest absolute Gasteiger partial charge is 0.207 e. The minimum Gasteiger partial charge on any atom is -0.207 e. The molecule has 3 rings (SSSR count). The van der Waals surface area contributed by atoms with Gasteiger partial charge in [0.1, 0.15) is 5.82 Å². The molecule has 0 fully saturated rings. The van der Waals surface area contributed by atoms with E-state index in [4.69, 9.17) is 0 Å². The maximum Gasteiger partial charge on any atom is 0.242 e. The summed E-state index contributed by atoms with van der Waals surface area (Å²) in [7, 11) is -3.55. The van der Waals surface area contributed by atoms with Crippen molar-refractivity contribution in [3.05, 3.63) is 65.5 Å². The second-order valence-corrected chi connectivity index (χ2v) is 7.27. The largest absolute Gasteiger partial charge is 0.242 e. The van der Waals surface area contributed by atoms with Gasteiger partial charge < -0.3 is 0 Å². The van der Waals surface area contributed by atoms with Crippen LogP contribution >= 0.6 is 0 Å². The summed E-state index contributed by atoms with van der Waals surface area (Å²) in [4.78, 5) is 0.315. The van der Waals surface area contributed by atoms with Gasteiger partial charge in [-0.25, -0.2) is 12.8 Å². The first kappa shape index (κ1) is 15.2. The summed E-state index contributed by atoms with van der Waals surface area (Å²) in [6.45, 7) is 2.06. The molecular formula is C17H18FNO2S. The molecule has 2 aromatic rings. The van der Waals surface area contributed by atoms with E-state index in [0.29, 0.717) is 11.3 Å². The fraction of sp³-hybridized carbons (Fsp3) is 0.294. The third kappa shape index (κ3) is 2.34. The molecule has 2 aromatic carbocycles. The van der Waals surface area contributed by atoms with E-state index >= 15 is 0 Å². The van der Waals surface area contributed by atoms with Crippen molar-refractivity contribution in [3.8, 4) is 0 Å². The second kappa shape index (κ2) is 5.48. The Morgan fingerprint density at radius 1 is 1.09 bits per heavy atom. The average molecular weight is 319 g/mol. The third-order valence-corrected chi connectivity index (χ3v) is 5.74. The number of benzene rings is 2. The van der Waals surface area contributed by atoms with Crippen LogP contribution in [-0.4, -0.2) is 8.42 Å². The van der Waals surface area contributed by atoms with Crippen LogP contribution in [0.25, 0.3) is 0 Å². The molecule has 0 aliphatic carbocycles. The van der Waals surface area contributed by atoms with E-state index in [2.05, 4.69) is 11.6 Å². The van der Waals surface area contributed by atoms with E-state index in [9.17, 15) is 12.8 Å². The Hall–Kier alpha value is -1.72. The van der Waals surface area contributed by atoms with Crippen LogP contribution in [-0.2, 0) is 15.6 Å². The molecule has 116 valence electrons. The van der Waals surface area contributed by atoms with Gasteiger partial charge in [-0.2, -0.15) is 4.72 Å². The van der Waals surface area contributed by atoms with Crippen molar-refractivity contribution in [1.82, 2.24) is 4.72 Å². The first-order valence-electron chi connectivity index (χ1n) is 7.39. The summed E-state index contributed by atoms with van der Waals surface area (Å²) in [5.74, 6) is -0.330. The highest BCUT2D eigenvalue weighted by Crippen LogP contribution is 2.43. The molecule has 5 heteroatoms. The lowest BCUT2D eigenvalue weighted by Gasteiger charge is -2.30. The van der Waals surface area contributed by atoms with Crippen molar-refractivity contribution in [3.63, 3.8) is 0 Å². The van der Waals surface area contributed by atoms with Gasteiger partial charge in [0.15, 0.2) is 0 Å². The molecule has 1 aliphatic rings. The van der Waals surface area contributed by atoms with Crippen LogP contribution in [0.4, 0.5) is 4.39 Å². The number of hydrogen-bond acceptors (Lipinski definition) is 2. The Kier molecular flexibility index (Phi) is 3.78. The highest BCUT2D eigenvalue weighted by atomic mass is 32.2. The van der Waals surface area contributed by atoms with Crippen molar-refractivity contribution >= 4 is 10.0 Å². The first-order valence-corrected chi connectivity index (χ1v) is 8.87. The van der Waals surface area contributed by atoms with Crippen LogP contribution in [0.3, 0.4) is 0 Å². The van der Waals surface area contributed by atoms with Gasteiger partial charge in [-0.3, -0.25) is 0 Å². The van der Waals surface area contributed by atoms with E-state index in [1.807, 2.05) is 12.1 Å². The Bertz CT molecular complexity index is 787. The quantitative estimate of drug-likeness (QED) is 0.937. The maximum absolute atomic E-state index is 13.3. The molecule has 0 saturated carbocycles. The molecular weight excluding hydrogens is 301 g/mol. The van der Waals surface area contributed by atoms with Crippen molar-refractivity contribution in [2.45, 2.75) is 36.6 Å². The molecule has 0 radical (unpaired) electrons. The van der Waals surface area contributed by atoms with Crippen molar-refractivity contribution < 1.29 is 12.8 Å². The molecule has 1 atom stereocenters. The molecule has 1 aliphatic heterocycles. The van der Waals surface area contributed by atoms with Crippen molar-refractivity contribution in [1.29, 1.82) is 0 Å². The lowest BCUT2D eigenvalue weighted by molar-refractivity contribution is 0.431. The molecule has 0 unspecified atom stereocenters. The van der Waals surface area contributed by atoms with E-state index in [1.54, 1.807) is 24.3 Å². The highest BCUT2D eigenvalue weighted by Gasteiger charge is 2.46. The zero-order valence-corrected chi connectivity index (χ0v) is 13.2. The van der Waals surface area contributed by atoms with Crippen molar-refractivity contribution in [2.24, 2.45) is 0 Å². The van der Waals surface area contributed by atoms with Crippen LogP contribution in [0.5, 0.6) is 0 Å². The lowest BCUT2D eigenvalue weighted by atomic mass is 9.80. The Labute approximate surface area is 130 Å². The number of nitrogens with one attached hydrogen (secondary N) is 1. The second-order valence-electron chi connectivity index (χ2n) is 5.62. The highest BCUT2D eigenvalue weighted by molar-refractivity contribution is 7.89. The van der Waals surface area contributed by atoms with Gasteiger partial charge in [0, 0.05) is 0 Å². The number of halogens is 1. The molecule has 0 amide bonds. The van der Waals surface area contributed by atoms with E-state index in [1.165, 1.54) is 12.1 Å². The fourth-order valence-electron chi connectivity index (χ4n) is 3.11. The van der Waals surface area contributed by atoms with Crippen LogP contribution in [0.15, 0.2) is 53.4 Å². The minimum atomic E-state index is -3.55. The molecule has 1 N–H and O–H groups in total. The SMILES string of the molecule is CCCC[C@]1(c2ccc(F)cc2)NS(=O)(=O)c2ccccc21. The van der Waals surface area contributed by atoms with Gasteiger partial charge in [0.25, 0.3) is 0 Å². The molecule has 0 saturated heterocycles. The standard InChI is InChI=1S/C17H18FNO2S/c1-2-3-12-17(13-8-10-14(18)11-9-13)15-6-4-5-7-16(15)22(20,21)19-17/h4-11,19H,2-3,12H2,1H3/t17-/m1/s1. The average Bonchev–Trinajstić information content (AvgIpc) is 2.75. The number of sulfonamides is 1. The molecule has 3 nitrogen and oxygen atoms in total. The minimum absolute atomic E-state index is 0.315. The van der Waals surface area contributed by atoms with Crippen LogP contribution in [0.2, 0.25) is 0 Å². The van der Waals surface area contributed by atoms with Gasteiger partial charge in [-0.1, -0.05) is 50.1 Å². The zero-order valence-electron chi connectivity index (χ0n) is 12.3. The molecule has 0 bridgehead atoms. The van der Waals surface area contributed by atoms with Crippen LogP contribution in [0, 0.1) is 5.82 Å². The van der Waals surface area contributed by atoms with Crippen LogP contribution < -0.4 is 4.72 Å². The van der Waals surface area contributed by atoms with Crippen LogP contribution in [0.1, 0.15) is 37.3 Å². The topological polar surface area (TPSA) is 46.2 Å². The fourth-order valence-corrected chi connectivity index (χ4v) is 4.80. The summed E-state index contributed by atoms with van der Waals surface area (Å²) < 4.78 is 41.1. The Morgan fingerprint density at radius 2 is 1.77 bits per heavy atom. The number of hydrogen-bond donors (Lipinski definition) is 1. The Balaban J connectivity index is 2.22. The molecule has 22 heavy (non-hydrogen) atoms. The normalized spacial score (nSPS) is 22.5. The van der Waals surface area contributed by atoms with Gasteiger partial charge in [-0.15, -0.1) is 0 Å². The number of fused-ring (bicyclic) bond motifs is 1. The van der Waals surface area contributed by atoms with Gasteiger partial charge in [-0.05, 0) is 35.7 Å². The Morgan fingerprint density at radius 3 is 2.45 bits per heavy atom. The predicted octanol–water partition coefficient (Wildman–Crippen LogP) is 3.55. The summed E-state index contributed by atoms with van der Waals surface area (Å²) in [6, 6.07) is 13.1. The summed E-state index contributed by atoms with van der Waals surface area (Å²) in [6.07, 6.45) is 2.46. The number of unbranched alkanes of at least 4 members (excludes halogenated alkanes) is 1. The van der Waals surface area contributed by atoms with Gasteiger partial charge in [0.05, 0.1) is 10.4 Å². The number of rotatable bonds is 4. The summed E-state index contributed by atoms with van der Waals surface area (Å²) in [5, 5.41) is 0. The maximum atomic E-state index is 13.3. The first-order chi connectivity index (χ1) is 10.5. The zero-order chi connectivity index (χ0) is 15.8. The van der Waals surface area contributed by atoms with Gasteiger partial charge in [0.2, 0.25) is 10.0 Å². The molecule has 0 spiro atoms. The molecule has 0 aromatic heterocycles.